The van der Waals surface area contributed by atoms with Crippen LogP contribution in [-0.4, -0.2) is 17.2 Å². The Labute approximate surface area is 163 Å². The highest BCUT2D eigenvalue weighted by molar-refractivity contribution is 5.86. The maximum atomic E-state index is 9.73. The Morgan fingerprint density at radius 2 is 1.67 bits per heavy atom. The van der Waals surface area contributed by atoms with Crippen molar-refractivity contribution in [1.29, 1.82) is 0 Å². The van der Waals surface area contributed by atoms with Crippen LogP contribution in [0.25, 0.3) is 22.2 Å². The van der Waals surface area contributed by atoms with E-state index in [4.69, 9.17) is 9.72 Å². The third-order valence-electron chi connectivity index (χ3n) is 4.67. The number of fused-ring (bicyclic) bond motifs is 2. The predicted octanol–water partition coefficient (Wildman–Crippen LogP) is 5.94. The average molecular weight is 366 g/mol. The second-order valence-corrected chi connectivity index (χ2v) is 6.04. The van der Waals surface area contributed by atoms with Crippen molar-refractivity contribution in [3.63, 3.8) is 0 Å². The van der Waals surface area contributed by atoms with Gasteiger partial charge in [-0.15, -0.1) is 0 Å². The zero-order chi connectivity index (χ0) is 19.8. The fourth-order valence-corrected chi connectivity index (χ4v) is 3.42. The Bertz CT molecular complexity index is 887. The fourth-order valence-electron chi connectivity index (χ4n) is 3.42. The number of methoxy groups -OCH3 is 1. The van der Waals surface area contributed by atoms with Crippen LogP contribution in [0.3, 0.4) is 0 Å². The highest BCUT2D eigenvalue weighted by Crippen LogP contribution is 2.30. The zero-order valence-electron chi connectivity index (χ0n) is 17.2. The van der Waals surface area contributed by atoms with Crippen LogP contribution in [0, 0.1) is 0 Å². The molecule has 1 aliphatic carbocycles. The van der Waals surface area contributed by atoms with Gasteiger partial charge in [-0.25, -0.2) is 4.98 Å². The molecular formula is C24H31NO2. The summed E-state index contributed by atoms with van der Waals surface area (Å²) < 4.78 is 5.30. The minimum atomic E-state index is 0.00326. The van der Waals surface area contributed by atoms with Crippen LogP contribution in [-0.2, 0) is 19.4 Å². The summed E-state index contributed by atoms with van der Waals surface area (Å²) in [6, 6.07) is 14.4. The summed E-state index contributed by atoms with van der Waals surface area (Å²) in [5, 5.41) is 10.7. The summed E-state index contributed by atoms with van der Waals surface area (Å²) >= 11 is 0. The normalized spacial score (nSPS) is 11.8. The number of ether oxygens (including phenoxy) is 1. The molecule has 27 heavy (non-hydrogen) atoms. The topological polar surface area (TPSA) is 42.4 Å². The van der Waals surface area contributed by atoms with Crippen LogP contribution in [0.2, 0.25) is 0 Å². The molecule has 0 unspecified atom stereocenters. The van der Waals surface area contributed by atoms with Gasteiger partial charge < -0.3 is 9.84 Å². The molecule has 2 aromatic carbocycles. The number of nitrogens with zero attached hydrogens (tertiary/aromatic N) is 1. The van der Waals surface area contributed by atoms with E-state index in [1.54, 1.807) is 7.11 Å². The standard InChI is InChI=1S/C20H19NO2.2C2H6/c1-23-17-7-8-18-16(12-22)10-19(21-20(18)11-17)15-6-5-13-3-2-4-14(13)9-15;2*1-2/h5-11,22H,2-4,12H2,1H3;2*1-2H3. The number of aryl methyl sites for hydroxylation is 2. The van der Waals surface area contributed by atoms with E-state index in [0.717, 1.165) is 39.9 Å². The van der Waals surface area contributed by atoms with E-state index in [9.17, 15) is 5.11 Å². The molecule has 0 spiro atoms. The molecule has 0 saturated heterocycles. The number of aromatic nitrogens is 1. The number of rotatable bonds is 3. The monoisotopic (exact) mass is 365 g/mol. The number of hydrogen-bond acceptors (Lipinski definition) is 3. The molecule has 144 valence electrons. The van der Waals surface area contributed by atoms with Crippen molar-refractivity contribution in [2.75, 3.05) is 7.11 Å². The van der Waals surface area contributed by atoms with Gasteiger partial charge >= 0.3 is 0 Å². The van der Waals surface area contributed by atoms with Crippen LogP contribution in [0.1, 0.15) is 50.8 Å². The van der Waals surface area contributed by atoms with Crippen molar-refractivity contribution in [3.05, 3.63) is 59.2 Å². The van der Waals surface area contributed by atoms with Crippen molar-refractivity contribution in [2.24, 2.45) is 0 Å². The summed E-state index contributed by atoms with van der Waals surface area (Å²) in [5.41, 5.74) is 6.66. The van der Waals surface area contributed by atoms with Gasteiger partial charge in [0, 0.05) is 17.0 Å². The SMILES string of the molecule is CC.CC.COc1ccc2c(CO)cc(-c3ccc4c(c3)CCC4)nc2c1. The molecule has 1 N–H and O–H groups in total. The molecule has 1 aliphatic rings. The highest BCUT2D eigenvalue weighted by Gasteiger charge is 2.13. The third kappa shape index (κ3) is 4.48. The molecule has 1 heterocycles. The Morgan fingerprint density at radius 1 is 0.926 bits per heavy atom. The quantitative estimate of drug-likeness (QED) is 0.624. The molecule has 0 radical (unpaired) electrons. The molecular weight excluding hydrogens is 334 g/mol. The van der Waals surface area contributed by atoms with Crippen LogP contribution < -0.4 is 4.74 Å². The van der Waals surface area contributed by atoms with Crippen molar-refractivity contribution >= 4 is 10.9 Å². The van der Waals surface area contributed by atoms with Gasteiger partial charge in [-0.2, -0.15) is 0 Å². The number of aliphatic hydroxyl groups is 1. The first-order valence-corrected chi connectivity index (χ1v) is 9.99. The minimum Gasteiger partial charge on any atom is -0.497 e. The van der Waals surface area contributed by atoms with Gasteiger partial charge in [0.1, 0.15) is 5.75 Å². The predicted molar refractivity (Wildman–Crippen MR) is 114 cm³/mol. The van der Waals surface area contributed by atoms with E-state index < -0.39 is 0 Å². The Kier molecular flexibility index (Phi) is 7.81. The first-order chi connectivity index (χ1) is 13.3. The van der Waals surface area contributed by atoms with Gasteiger partial charge in [0.05, 0.1) is 24.9 Å². The maximum Gasteiger partial charge on any atom is 0.121 e. The minimum absolute atomic E-state index is 0.00326. The number of benzene rings is 2. The number of aliphatic hydroxyl groups excluding tert-OH is 1. The summed E-state index contributed by atoms with van der Waals surface area (Å²) in [6.45, 7) is 8.00. The van der Waals surface area contributed by atoms with Gasteiger partial charge in [-0.05, 0) is 60.2 Å². The maximum absolute atomic E-state index is 9.73. The summed E-state index contributed by atoms with van der Waals surface area (Å²) in [5.74, 6) is 0.778. The third-order valence-corrected chi connectivity index (χ3v) is 4.67. The van der Waals surface area contributed by atoms with E-state index in [-0.39, 0.29) is 6.61 Å². The van der Waals surface area contributed by atoms with Crippen molar-refractivity contribution < 1.29 is 9.84 Å². The smallest absolute Gasteiger partial charge is 0.121 e. The van der Waals surface area contributed by atoms with Gasteiger partial charge in [0.15, 0.2) is 0 Å². The molecule has 0 fully saturated rings. The van der Waals surface area contributed by atoms with Crippen molar-refractivity contribution in [1.82, 2.24) is 4.98 Å². The second kappa shape index (κ2) is 10.1. The molecule has 3 aromatic rings. The molecule has 1 aromatic heterocycles. The molecule has 3 nitrogen and oxygen atoms in total. The molecule has 0 saturated carbocycles. The van der Waals surface area contributed by atoms with Crippen LogP contribution in [0.15, 0.2) is 42.5 Å². The fraction of sp³-hybridized carbons (Fsp3) is 0.375. The lowest BCUT2D eigenvalue weighted by Gasteiger charge is -2.10. The highest BCUT2D eigenvalue weighted by atomic mass is 16.5. The molecule has 4 rings (SSSR count). The average Bonchev–Trinajstić information content (AvgIpc) is 3.23. The van der Waals surface area contributed by atoms with Crippen LogP contribution >= 0.6 is 0 Å². The van der Waals surface area contributed by atoms with E-state index in [2.05, 4.69) is 18.2 Å². The van der Waals surface area contributed by atoms with E-state index in [1.807, 2.05) is 52.0 Å². The lowest BCUT2D eigenvalue weighted by Crippen LogP contribution is -1.94. The van der Waals surface area contributed by atoms with E-state index in [0.29, 0.717) is 0 Å². The lowest BCUT2D eigenvalue weighted by atomic mass is 10.0. The van der Waals surface area contributed by atoms with E-state index >= 15 is 0 Å². The van der Waals surface area contributed by atoms with Crippen molar-refractivity contribution in [3.8, 4) is 17.0 Å². The molecule has 0 amide bonds. The van der Waals surface area contributed by atoms with Gasteiger partial charge in [0.25, 0.3) is 0 Å². The molecule has 0 aliphatic heterocycles. The van der Waals surface area contributed by atoms with Gasteiger partial charge in [-0.3, -0.25) is 0 Å². The first kappa shape index (κ1) is 20.9. The zero-order valence-corrected chi connectivity index (χ0v) is 17.2. The second-order valence-electron chi connectivity index (χ2n) is 6.04. The summed E-state index contributed by atoms with van der Waals surface area (Å²) in [7, 11) is 1.65. The summed E-state index contributed by atoms with van der Waals surface area (Å²) in [6.07, 6.45) is 3.57. The summed E-state index contributed by atoms with van der Waals surface area (Å²) in [4.78, 5) is 4.80. The van der Waals surface area contributed by atoms with Gasteiger partial charge in [-0.1, -0.05) is 39.8 Å². The van der Waals surface area contributed by atoms with Crippen molar-refractivity contribution in [2.45, 2.75) is 53.6 Å². The van der Waals surface area contributed by atoms with Crippen LogP contribution in [0.4, 0.5) is 0 Å². The molecule has 0 atom stereocenters. The number of pyridine rings is 1. The molecule has 3 heteroatoms. The number of hydrogen-bond donors (Lipinski definition) is 1. The Balaban J connectivity index is 0.000000614. The van der Waals surface area contributed by atoms with Gasteiger partial charge in [0.2, 0.25) is 0 Å². The molecule has 0 bridgehead atoms. The Morgan fingerprint density at radius 3 is 2.37 bits per heavy atom. The lowest BCUT2D eigenvalue weighted by molar-refractivity contribution is 0.283. The largest absolute Gasteiger partial charge is 0.497 e. The Hall–Kier alpha value is -2.39. The van der Waals surface area contributed by atoms with Crippen LogP contribution in [0.5, 0.6) is 5.75 Å². The van der Waals surface area contributed by atoms with E-state index in [1.165, 1.54) is 24.0 Å². The first-order valence-electron chi connectivity index (χ1n) is 9.99.